The first kappa shape index (κ1) is 12.6. The summed E-state index contributed by atoms with van der Waals surface area (Å²) in [6, 6.07) is 9.06. The molecule has 4 heteroatoms. The van der Waals surface area contributed by atoms with E-state index in [1.165, 1.54) is 0 Å². The molecule has 0 radical (unpaired) electrons. The van der Waals surface area contributed by atoms with Gasteiger partial charge in [0.1, 0.15) is 0 Å². The zero-order chi connectivity index (χ0) is 12.3. The minimum Gasteiger partial charge on any atom is -0.314 e. The van der Waals surface area contributed by atoms with Crippen LogP contribution in [0.3, 0.4) is 0 Å². The molecule has 17 heavy (non-hydrogen) atoms. The molecule has 1 saturated heterocycles. The Kier molecular flexibility index (Phi) is 3.84. The lowest BCUT2D eigenvalue weighted by atomic mass is 10.1. The van der Waals surface area contributed by atoms with Crippen molar-refractivity contribution in [3.8, 4) is 0 Å². The molecule has 3 nitrogen and oxygen atoms in total. The highest BCUT2D eigenvalue weighted by atomic mass is 32.2. The van der Waals surface area contributed by atoms with E-state index < -0.39 is 9.84 Å². The molecule has 1 N–H and O–H groups in total. The fourth-order valence-corrected chi connectivity index (χ4v) is 3.69. The van der Waals surface area contributed by atoms with Gasteiger partial charge in [-0.25, -0.2) is 8.42 Å². The third kappa shape index (κ3) is 3.30. The number of benzene rings is 1. The van der Waals surface area contributed by atoms with Crippen LogP contribution in [0.25, 0.3) is 0 Å². The minimum atomic E-state index is -3.11. The molecule has 1 aromatic carbocycles. The van der Waals surface area contributed by atoms with E-state index in [0.717, 1.165) is 13.0 Å². The molecule has 2 unspecified atom stereocenters. The lowest BCUT2D eigenvalue weighted by molar-refractivity contribution is 0.552. The SMILES string of the molecule is CC1CNC(CCS(=O)(=O)c2ccccc2)C1. The zero-order valence-electron chi connectivity index (χ0n) is 10.1. The van der Waals surface area contributed by atoms with Gasteiger partial charge in [0.2, 0.25) is 0 Å². The summed E-state index contributed by atoms with van der Waals surface area (Å²) in [5.41, 5.74) is 0. The largest absolute Gasteiger partial charge is 0.314 e. The van der Waals surface area contributed by atoms with E-state index >= 15 is 0 Å². The van der Waals surface area contributed by atoms with E-state index in [0.29, 0.717) is 23.3 Å². The highest BCUT2D eigenvalue weighted by Gasteiger charge is 2.23. The maximum atomic E-state index is 12.0. The molecule has 1 heterocycles. The molecule has 1 aliphatic rings. The normalized spacial score (nSPS) is 25.0. The molecule has 0 aliphatic carbocycles. The smallest absolute Gasteiger partial charge is 0.178 e. The van der Waals surface area contributed by atoms with Crippen molar-refractivity contribution in [3.63, 3.8) is 0 Å². The van der Waals surface area contributed by atoms with Gasteiger partial charge in [0.25, 0.3) is 0 Å². The first-order chi connectivity index (χ1) is 8.08. The quantitative estimate of drug-likeness (QED) is 0.890. The fraction of sp³-hybridized carbons (Fsp3) is 0.538. The topological polar surface area (TPSA) is 46.2 Å². The van der Waals surface area contributed by atoms with E-state index in [9.17, 15) is 8.42 Å². The first-order valence-electron chi connectivity index (χ1n) is 6.09. The van der Waals surface area contributed by atoms with Gasteiger partial charge < -0.3 is 5.32 Å². The second-order valence-electron chi connectivity index (χ2n) is 4.87. The van der Waals surface area contributed by atoms with Crippen LogP contribution in [0.1, 0.15) is 19.8 Å². The molecule has 1 fully saturated rings. The highest BCUT2D eigenvalue weighted by Crippen LogP contribution is 2.18. The molecular formula is C13H19NO2S. The zero-order valence-corrected chi connectivity index (χ0v) is 10.9. The van der Waals surface area contributed by atoms with Crippen LogP contribution in [0, 0.1) is 5.92 Å². The molecule has 2 atom stereocenters. The summed E-state index contributed by atoms with van der Waals surface area (Å²) in [6.45, 7) is 3.20. The van der Waals surface area contributed by atoms with E-state index in [1.807, 2.05) is 6.07 Å². The van der Waals surface area contributed by atoms with Crippen molar-refractivity contribution >= 4 is 9.84 Å². The Hall–Kier alpha value is -0.870. The minimum absolute atomic E-state index is 0.237. The van der Waals surface area contributed by atoms with Gasteiger partial charge in [-0.05, 0) is 37.4 Å². The van der Waals surface area contributed by atoms with Crippen LogP contribution in [-0.2, 0) is 9.84 Å². The third-order valence-electron chi connectivity index (χ3n) is 3.28. The second kappa shape index (κ2) is 5.19. The monoisotopic (exact) mass is 253 g/mol. The van der Waals surface area contributed by atoms with Gasteiger partial charge in [-0.1, -0.05) is 25.1 Å². The molecule has 1 aromatic rings. The van der Waals surface area contributed by atoms with Gasteiger partial charge >= 0.3 is 0 Å². The number of rotatable bonds is 4. The maximum Gasteiger partial charge on any atom is 0.178 e. The average molecular weight is 253 g/mol. The van der Waals surface area contributed by atoms with Crippen LogP contribution in [0.2, 0.25) is 0 Å². The van der Waals surface area contributed by atoms with Gasteiger partial charge in [-0.2, -0.15) is 0 Å². The van der Waals surface area contributed by atoms with E-state index in [2.05, 4.69) is 12.2 Å². The Morgan fingerprint density at radius 1 is 1.29 bits per heavy atom. The lowest BCUT2D eigenvalue weighted by Gasteiger charge is -2.10. The van der Waals surface area contributed by atoms with Crippen LogP contribution in [0.4, 0.5) is 0 Å². The predicted octanol–water partition coefficient (Wildman–Crippen LogP) is 1.85. The molecule has 0 aromatic heterocycles. The van der Waals surface area contributed by atoms with Crippen LogP contribution >= 0.6 is 0 Å². The van der Waals surface area contributed by atoms with Crippen molar-refractivity contribution in [2.75, 3.05) is 12.3 Å². The number of sulfone groups is 1. The molecule has 0 bridgehead atoms. The average Bonchev–Trinajstić information content (AvgIpc) is 2.74. The third-order valence-corrected chi connectivity index (χ3v) is 5.04. The van der Waals surface area contributed by atoms with E-state index in [-0.39, 0.29) is 5.75 Å². The Balaban J connectivity index is 1.95. The standard InChI is InChI=1S/C13H19NO2S/c1-11-9-12(14-10-11)7-8-17(15,16)13-5-3-2-4-6-13/h2-6,11-12,14H,7-10H2,1H3. The lowest BCUT2D eigenvalue weighted by Crippen LogP contribution is -2.24. The van der Waals surface area contributed by atoms with Crippen LogP contribution in [0.15, 0.2) is 35.2 Å². The highest BCUT2D eigenvalue weighted by molar-refractivity contribution is 7.91. The summed E-state index contributed by atoms with van der Waals surface area (Å²) in [6.07, 6.45) is 1.80. The van der Waals surface area contributed by atoms with Gasteiger partial charge in [0.15, 0.2) is 9.84 Å². The summed E-state index contributed by atoms with van der Waals surface area (Å²) in [7, 11) is -3.11. The predicted molar refractivity (Wildman–Crippen MR) is 68.7 cm³/mol. The summed E-state index contributed by atoms with van der Waals surface area (Å²) in [4.78, 5) is 0.436. The van der Waals surface area contributed by atoms with Crippen molar-refractivity contribution < 1.29 is 8.42 Å². The number of hydrogen-bond donors (Lipinski definition) is 1. The molecule has 0 saturated carbocycles. The molecule has 0 spiro atoms. The molecule has 0 amide bonds. The van der Waals surface area contributed by atoms with Crippen molar-refractivity contribution in [2.24, 2.45) is 5.92 Å². The Morgan fingerprint density at radius 3 is 2.59 bits per heavy atom. The van der Waals surface area contributed by atoms with E-state index in [1.54, 1.807) is 24.3 Å². The maximum absolute atomic E-state index is 12.0. The van der Waals surface area contributed by atoms with Crippen molar-refractivity contribution in [1.82, 2.24) is 5.32 Å². The summed E-state index contributed by atoms with van der Waals surface area (Å²) in [5.74, 6) is 0.904. The molecule has 1 aliphatic heterocycles. The van der Waals surface area contributed by atoms with E-state index in [4.69, 9.17) is 0 Å². The number of nitrogens with one attached hydrogen (secondary N) is 1. The van der Waals surface area contributed by atoms with Gasteiger partial charge in [0.05, 0.1) is 10.6 Å². The van der Waals surface area contributed by atoms with Crippen LogP contribution in [0.5, 0.6) is 0 Å². The summed E-state index contributed by atoms with van der Waals surface area (Å²) in [5, 5.41) is 3.37. The Labute approximate surface area is 103 Å². The summed E-state index contributed by atoms with van der Waals surface area (Å²) >= 11 is 0. The van der Waals surface area contributed by atoms with Crippen molar-refractivity contribution in [1.29, 1.82) is 0 Å². The molecule has 2 rings (SSSR count). The Bertz CT molecular complexity index is 456. The van der Waals surface area contributed by atoms with Gasteiger partial charge in [0, 0.05) is 6.04 Å². The first-order valence-corrected chi connectivity index (χ1v) is 7.74. The summed E-state index contributed by atoms with van der Waals surface area (Å²) < 4.78 is 24.1. The Morgan fingerprint density at radius 2 is 2.00 bits per heavy atom. The van der Waals surface area contributed by atoms with Crippen LogP contribution < -0.4 is 5.32 Å². The number of hydrogen-bond acceptors (Lipinski definition) is 3. The molecular weight excluding hydrogens is 234 g/mol. The second-order valence-corrected chi connectivity index (χ2v) is 6.98. The fourth-order valence-electron chi connectivity index (χ4n) is 2.28. The van der Waals surface area contributed by atoms with Gasteiger partial charge in [-0.3, -0.25) is 0 Å². The van der Waals surface area contributed by atoms with Crippen molar-refractivity contribution in [2.45, 2.75) is 30.7 Å². The van der Waals surface area contributed by atoms with Crippen LogP contribution in [-0.4, -0.2) is 26.8 Å². The van der Waals surface area contributed by atoms with Crippen molar-refractivity contribution in [3.05, 3.63) is 30.3 Å². The molecule has 94 valence electrons. The van der Waals surface area contributed by atoms with Gasteiger partial charge in [-0.15, -0.1) is 0 Å².